The van der Waals surface area contributed by atoms with E-state index in [1.54, 1.807) is 35.7 Å². The smallest absolute Gasteiger partial charge is 0.331 e. The van der Waals surface area contributed by atoms with E-state index in [0.29, 0.717) is 6.54 Å². The highest BCUT2D eigenvalue weighted by molar-refractivity contribution is 7.09. The maximum Gasteiger partial charge on any atom is 0.331 e. The number of carbonyl (C=O) groups is 2. The molecule has 1 N–H and O–H groups in total. The molecule has 110 valence electrons. The number of ether oxygens (including phenoxy) is 1. The number of amides is 1. The van der Waals surface area contributed by atoms with Crippen LogP contribution in [0.25, 0.3) is 6.08 Å². The van der Waals surface area contributed by atoms with Gasteiger partial charge in [-0.1, -0.05) is 6.07 Å². The summed E-state index contributed by atoms with van der Waals surface area (Å²) in [5.74, 6) is -0.833. The Hall–Kier alpha value is -1.92. The van der Waals surface area contributed by atoms with E-state index in [4.69, 9.17) is 4.74 Å². The van der Waals surface area contributed by atoms with Crippen LogP contribution in [-0.2, 0) is 20.9 Å². The lowest BCUT2D eigenvalue weighted by Gasteiger charge is -2.11. The SMILES string of the molecule is C[C@@H](OC(=O)/C=C/c1ccsc1)C(=O)NCc1cccs1. The van der Waals surface area contributed by atoms with Crippen LogP contribution in [0, 0.1) is 0 Å². The van der Waals surface area contributed by atoms with E-state index in [1.807, 2.05) is 34.3 Å². The Morgan fingerprint density at radius 1 is 1.38 bits per heavy atom. The summed E-state index contributed by atoms with van der Waals surface area (Å²) in [6.45, 7) is 2.00. The molecule has 0 aliphatic carbocycles. The normalized spacial score (nSPS) is 12.2. The van der Waals surface area contributed by atoms with Gasteiger partial charge in [0.2, 0.25) is 0 Å². The van der Waals surface area contributed by atoms with Gasteiger partial charge in [0.15, 0.2) is 6.10 Å². The van der Waals surface area contributed by atoms with Gasteiger partial charge in [-0.25, -0.2) is 4.79 Å². The monoisotopic (exact) mass is 321 g/mol. The van der Waals surface area contributed by atoms with Gasteiger partial charge in [0.1, 0.15) is 0 Å². The predicted molar refractivity (Wildman–Crippen MR) is 85.1 cm³/mol. The molecule has 0 radical (unpaired) electrons. The summed E-state index contributed by atoms with van der Waals surface area (Å²) < 4.78 is 5.05. The summed E-state index contributed by atoms with van der Waals surface area (Å²) in [6, 6.07) is 5.75. The summed E-state index contributed by atoms with van der Waals surface area (Å²) in [5, 5.41) is 8.52. The van der Waals surface area contributed by atoms with Crippen LogP contribution < -0.4 is 5.32 Å². The highest BCUT2D eigenvalue weighted by atomic mass is 32.1. The fourth-order valence-electron chi connectivity index (χ4n) is 1.53. The Morgan fingerprint density at radius 3 is 2.90 bits per heavy atom. The molecule has 0 unspecified atom stereocenters. The van der Waals surface area contributed by atoms with Crippen LogP contribution in [0.3, 0.4) is 0 Å². The molecule has 1 amide bonds. The van der Waals surface area contributed by atoms with E-state index < -0.39 is 12.1 Å². The third-order valence-electron chi connectivity index (χ3n) is 2.63. The molecule has 0 bridgehead atoms. The van der Waals surface area contributed by atoms with Gasteiger partial charge in [-0.3, -0.25) is 4.79 Å². The third-order valence-corrected chi connectivity index (χ3v) is 4.21. The second-order valence-electron chi connectivity index (χ2n) is 4.27. The van der Waals surface area contributed by atoms with E-state index in [0.717, 1.165) is 10.4 Å². The van der Waals surface area contributed by atoms with E-state index in [2.05, 4.69) is 5.32 Å². The summed E-state index contributed by atoms with van der Waals surface area (Å²) in [7, 11) is 0. The molecule has 0 aliphatic heterocycles. The Bertz CT molecular complexity index is 603. The minimum atomic E-state index is -0.815. The Balaban J connectivity index is 1.76. The average molecular weight is 321 g/mol. The molecule has 2 aromatic heterocycles. The van der Waals surface area contributed by atoms with Crippen molar-refractivity contribution in [2.75, 3.05) is 0 Å². The number of esters is 1. The predicted octanol–water partition coefficient (Wildman–Crippen LogP) is 3.07. The van der Waals surface area contributed by atoms with Gasteiger partial charge in [-0.05, 0) is 46.8 Å². The van der Waals surface area contributed by atoms with Gasteiger partial charge in [-0.2, -0.15) is 11.3 Å². The van der Waals surface area contributed by atoms with Crippen LogP contribution in [0.5, 0.6) is 0 Å². The first-order chi connectivity index (χ1) is 10.1. The van der Waals surface area contributed by atoms with Crippen molar-refractivity contribution in [2.45, 2.75) is 19.6 Å². The van der Waals surface area contributed by atoms with Gasteiger partial charge in [0, 0.05) is 11.0 Å². The zero-order chi connectivity index (χ0) is 15.1. The van der Waals surface area contributed by atoms with Crippen LogP contribution in [-0.4, -0.2) is 18.0 Å². The fraction of sp³-hybridized carbons (Fsp3) is 0.200. The van der Waals surface area contributed by atoms with Crippen molar-refractivity contribution in [3.8, 4) is 0 Å². The topological polar surface area (TPSA) is 55.4 Å². The number of carbonyl (C=O) groups excluding carboxylic acids is 2. The van der Waals surface area contributed by atoms with Crippen molar-refractivity contribution >= 4 is 40.6 Å². The molecule has 0 aromatic carbocycles. The second kappa shape index (κ2) is 7.75. The molecule has 21 heavy (non-hydrogen) atoms. The van der Waals surface area contributed by atoms with E-state index in [-0.39, 0.29) is 5.91 Å². The summed E-state index contributed by atoms with van der Waals surface area (Å²) in [6.07, 6.45) is 2.17. The van der Waals surface area contributed by atoms with Crippen molar-refractivity contribution < 1.29 is 14.3 Å². The molecule has 2 rings (SSSR count). The van der Waals surface area contributed by atoms with Crippen molar-refractivity contribution in [1.29, 1.82) is 0 Å². The molecule has 4 nitrogen and oxygen atoms in total. The molecule has 0 saturated heterocycles. The lowest BCUT2D eigenvalue weighted by Crippen LogP contribution is -2.34. The number of thiophene rings is 2. The van der Waals surface area contributed by atoms with Crippen LogP contribution in [0.1, 0.15) is 17.4 Å². The lowest BCUT2D eigenvalue weighted by atomic mass is 10.3. The van der Waals surface area contributed by atoms with Gasteiger partial charge < -0.3 is 10.1 Å². The first-order valence-electron chi connectivity index (χ1n) is 6.36. The number of rotatable bonds is 6. The Kier molecular flexibility index (Phi) is 5.71. The molecule has 1 atom stereocenters. The highest BCUT2D eigenvalue weighted by Crippen LogP contribution is 2.09. The highest BCUT2D eigenvalue weighted by Gasteiger charge is 2.16. The van der Waals surface area contributed by atoms with Crippen LogP contribution in [0.15, 0.2) is 40.4 Å². The number of nitrogens with one attached hydrogen (secondary N) is 1. The fourth-order valence-corrected chi connectivity index (χ4v) is 2.81. The van der Waals surface area contributed by atoms with Gasteiger partial charge >= 0.3 is 5.97 Å². The first-order valence-corrected chi connectivity index (χ1v) is 8.18. The molecular formula is C15H15NO3S2. The lowest BCUT2D eigenvalue weighted by molar-refractivity contribution is -0.150. The Labute approximate surface area is 131 Å². The maximum atomic E-state index is 11.8. The van der Waals surface area contributed by atoms with Gasteiger partial charge in [0.25, 0.3) is 5.91 Å². The largest absolute Gasteiger partial charge is 0.449 e. The minimum absolute atomic E-state index is 0.305. The average Bonchev–Trinajstić information content (AvgIpc) is 3.15. The quantitative estimate of drug-likeness (QED) is 0.657. The van der Waals surface area contributed by atoms with Gasteiger partial charge in [-0.15, -0.1) is 11.3 Å². The van der Waals surface area contributed by atoms with Crippen LogP contribution in [0.2, 0.25) is 0 Å². The van der Waals surface area contributed by atoms with E-state index >= 15 is 0 Å². The van der Waals surface area contributed by atoms with Crippen molar-refractivity contribution in [1.82, 2.24) is 5.32 Å². The van der Waals surface area contributed by atoms with E-state index in [1.165, 1.54) is 6.08 Å². The first kappa shape index (κ1) is 15.5. The Morgan fingerprint density at radius 2 is 2.24 bits per heavy atom. The molecule has 6 heteroatoms. The molecular weight excluding hydrogens is 306 g/mol. The maximum absolute atomic E-state index is 11.8. The standard InChI is InChI=1S/C15H15NO3S2/c1-11(15(18)16-9-13-3-2-7-21-13)19-14(17)5-4-12-6-8-20-10-12/h2-8,10-11H,9H2,1H3,(H,16,18)/b5-4+/t11-/m1/s1. The van der Waals surface area contributed by atoms with Crippen LogP contribution in [0.4, 0.5) is 0 Å². The molecule has 0 fully saturated rings. The molecule has 2 aromatic rings. The minimum Gasteiger partial charge on any atom is -0.449 e. The molecule has 0 spiro atoms. The molecule has 0 saturated carbocycles. The number of hydrogen-bond donors (Lipinski definition) is 1. The summed E-state index contributed by atoms with van der Waals surface area (Å²) in [5.41, 5.74) is 0.937. The zero-order valence-electron chi connectivity index (χ0n) is 11.4. The van der Waals surface area contributed by atoms with Crippen molar-refractivity contribution in [3.63, 3.8) is 0 Å². The summed E-state index contributed by atoms with van der Waals surface area (Å²) >= 11 is 3.11. The van der Waals surface area contributed by atoms with Gasteiger partial charge in [0.05, 0.1) is 6.54 Å². The van der Waals surface area contributed by atoms with E-state index in [9.17, 15) is 9.59 Å². The molecule has 2 heterocycles. The zero-order valence-corrected chi connectivity index (χ0v) is 13.1. The summed E-state index contributed by atoms with van der Waals surface area (Å²) in [4.78, 5) is 24.5. The number of hydrogen-bond acceptors (Lipinski definition) is 5. The van der Waals surface area contributed by atoms with Crippen LogP contribution >= 0.6 is 22.7 Å². The second-order valence-corrected chi connectivity index (χ2v) is 6.08. The molecule has 0 aliphatic rings. The van der Waals surface area contributed by atoms with Crippen molar-refractivity contribution in [3.05, 3.63) is 50.9 Å². The third kappa shape index (κ3) is 5.17. The van der Waals surface area contributed by atoms with Crippen molar-refractivity contribution in [2.24, 2.45) is 0 Å².